The summed E-state index contributed by atoms with van der Waals surface area (Å²) in [4.78, 5) is 22.1. The van der Waals surface area contributed by atoms with E-state index >= 15 is 0 Å². The molecular weight excluding hydrogens is 228 g/mol. The highest BCUT2D eigenvalue weighted by Gasteiger charge is 2.10. The van der Waals surface area contributed by atoms with Crippen molar-refractivity contribution < 1.29 is 14.3 Å². The normalized spacial score (nSPS) is 9.83. The van der Waals surface area contributed by atoms with Crippen LogP contribution in [0.2, 0.25) is 0 Å². The van der Waals surface area contributed by atoms with Crippen molar-refractivity contribution >= 4 is 28.3 Å². The van der Waals surface area contributed by atoms with Crippen molar-refractivity contribution in [1.82, 2.24) is 0 Å². The summed E-state index contributed by atoms with van der Waals surface area (Å²) in [5.74, 6) is 1.37. The maximum atomic E-state index is 11.2. The lowest BCUT2D eigenvalue weighted by Crippen LogP contribution is -2.01. The summed E-state index contributed by atoms with van der Waals surface area (Å²) in [5.41, 5.74) is 1.02. The van der Waals surface area contributed by atoms with Crippen LogP contribution in [0, 0.1) is 0 Å². The molecule has 0 fully saturated rings. The first-order valence-corrected chi connectivity index (χ1v) is 5.54. The first-order valence-electron chi connectivity index (χ1n) is 5.54. The topological polar surface area (TPSA) is 43.4 Å². The van der Waals surface area contributed by atoms with E-state index < -0.39 is 5.97 Å². The second-order valence-electron chi connectivity index (χ2n) is 3.90. The number of carbonyl (C=O) groups is 1. The third kappa shape index (κ3) is 2.47. The van der Waals surface area contributed by atoms with Gasteiger partial charge in [-0.3, -0.25) is 4.79 Å². The number of ether oxygens (including phenoxy) is 1. The van der Waals surface area contributed by atoms with Gasteiger partial charge in [-0.1, -0.05) is 36.4 Å². The maximum Gasteiger partial charge on any atom is 0.310 e. The lowest BCUT2D eigenvalue weighted by molar-refractivity contribution is -0.139. The zero-order valence-electron chi connectivity index (χ0n) is 9.97. The summed E-state index contributed by atoms with van der Waals surface area (Å²) in [6.07, 6.45) is -0.0572. The van der Waals surface area contributed by atoms with Crippen LogP contribution in [0.1, 0.15) is 12.0 Å². The van der Waals surface area contributed by atoms with Gasteiger partial charge in [-0.15, -0.1) is 0 Å². The Morgan fingerprint density at radius 2 is 1.89 bits per heavy atom. The molecular formula is C15H12O3. The predicted molar refractivity (Wildman–Crippen MR) is 69.7 cm³/mol. The zero-order chi connectivity index (χ0) is 13.0. The summed E-state index contributed by atoms with van der Waals surface area (Å²) in [6.45, 7) is 0. The minimum absolute atomic E-state index is 0.0572. The second kappa shape index (κ2) is 5.30. The number of carbonyl (C=O) groups excluding carboxylic acids is 2. The first kappa shape index (κ1) is 12.1. The highest BCUT2D eigenvalue weighted by Crippen LogP contribution is 2.21. The second-order valence-corrected chi connectivity index (χ2v) is 3.90. The van der Waals surface area contributed by atoms with E-state index in [4.69, 9.17) is 0 Å². The molecule has 3 nitrogen and oxygen atoms in total. The SMILES string of the molecule is COC(=O)CC(=C=O)c1ccc2ccccc2c1. The molecule has 0 radical (unpaired) electrons. The lowest BCUT2D eigenvalue weighted by Gasteiger charge is -2.04. The van der Waals surface area contributed by atoms with E-state index in [0.717, 1.165) is 10.8 Å². The Labute approximate surface area is 105 Å². The van der Waals surface area contributed by atoms with Crippen LogP contribution in [-0.4, -0.2) is 19.0 Å². The van der Waals surface area contributed by atoms with E-state index in [1.165, 1.54) is 7.11 Å². The number of rotatable bonds is 3. The molecule has 2 aromatic carbocycles. The molecule has 0 atom stereocenters. The van der Waals surface area contributed by atoms with Gasteiger partial charge in [0.25, 0.3) is 0 Å². The molecule has 90 valence electrons. The van der Waals surface area contributed by atoms with Gasteiger partial charge in [0.1, 0.15) is 5.94 Å². The first-order chi connectivity index (χ1) is 8.74. The Morgan fingerprint density at radius 1 is 1.17 bits per heavy atom. The molecule has 0 amide bonds. The van der Waals surface area contributed by atoms with E-state index in [2.05, 4.69) is 4.74 Å². The Hall–Kier alpha value is -2.38. The molecule has 0 N–H and O–H groups in total. The molecule has 0 aromatic heterocycles. The fourth-order valence-corrected chi connectivity index (χ4v) is 1.79. The Bertz CT molecular complexity index is 637. The van der Waals surface area contributed by atoms with Crippen molar-refractivity contribution in [2.45, 2.75) is 6.42 Å². The lowest BCUT2D eigenvalue weighted by atomic mass is 10.0. The number of hydrogen-bond donors (Lipinski definition) is 0. The minimum Gasteiger partial charge on any atom is -0.469 e. The van der Waals surface area contributed by atoms with Crippen molar-refractivity contribution in [3.05, 3.63) is 48.0 Å². The van der Waals surface area contributed by atoms with Crippen LogP contribution in [0.4, 0.5) is 0 Å². The molecule has 0 aliphatic rings. The molecule has 0 spiro atoms. The van der Waals surface area contributed by atoms with Crippen molar-refractivity contribution in [2.75, 3.05) is 7.11 Å². The minimum atomic E-state index is -0.443. The molecule has 0 unspecified atom stereocenters. The Morgan fingerprint density at radius 3 is 2.56 bits per heavy atom. The fourth-order valence-electron chi connectivity index (χ4n) is 1.79. The van der Waals surface area contributed by atoms with E-state index in [9.17, 15) is 9.59 Å². The van der Waals surface area contributed by atoms with Gasteiger partial charge >= 0.3 is 5.97 Å². The quantitative estimate of drug-likeness (QED) is 0.612. The van der Waals surface area contributed by atoms with Gasteiger partial charge in [-0.2, -0.15) is 0 Å². The van der Waals surface area contributed by atoms with Crippen LogP contribution in [0.25, 0.3) is 16.3 Å². The number of methoxy groups -OCH3 is 1. The fraction of sp³-hybridized carbons (Fsp3) is 0.133. The standard InChI is InChI=1S/C15H12O3/c1-18-15(17)9-14(10-16)13-7-6-11-4-2-3-5-12(11)8-13/h2-8H,9H2,1H3. The average Bonchev–Trinajstić information content (AvgIpc) is 2.44. The smallest absolute Gasteiger partial charge is 0.310 e. The average molecular weight is 240 g/mol. The highest BCUT2D eigenvalue weighted by molar-refractivity contribution is 5.98. The molecule has 2 aromatic rings. The van der Waals surface area contributed by atoms with Gasteiger partial charge in [0.05, 0.1) is 19.1 Å². The molecule has 0 heterocycles. The van der Waals surface area contributed by atoms with Gasteiger partial charge in [0.2, 0.25) is 0 Å². The number of esters is 1. The largest absolute Gasteiger partial charge is 0.469 e. The van der Waals surface area contributed by atoms with E-state index in [-0.39, 0.29) is 6.42 Å². The van der Waals surface area contributed by atoms with Gasteiger partial charge in [0, 0.05) is 0 Å². The summed E-state index contributed by atoms with van der Waals surface area (Å²) in [5, 5.41) is 2.11. The molecule has 0 bridgehead atoms. The van der Waals surface area contributed by atoms with Crippen LogP contribution in [-0.2, 0) is 14.3 Å². The predicted octanol–water partition coefficient (Wildman–Crippen LogP) is 2.62. The summed E-state index contributed by atoms with van der Waals surface area (Å²) in [6, 6.07) is 13.4. The van der Waals surface area contributed by atoms with Crippen LogP contribution in [0.15, 0.2) is 42.5 Å². The Kier molecular flexibility index (Phi) is 3.56. The van der Waals surface area contributed by atoms with E-state index in [1.54, 1.807) is 0 Å². The van der Waals surface area contributed by atoms with Crippen LogP contribution < -0.4 is 0 Å². The van der Waals surface area contributed by atoms with Gasteiger partial charge < -0.3 is 4.74 Å². The summed E-state index contributed by atoms with van der Waals surface area (Å²) < 4.78 is 4.55. The van der Waals surface area contributed by atoms with Crippen LogP contribution in [0.5, 0.6) is 0 Å². The molecule has 3 heteroatoms. The third-order valence-electron chi connectivity index (χ3n) is 2.77. The molecule has 2 rings (SSSR count). The third-order valence-corrected chi connectivity index (χ3v) is 2.77. The molecule has 18 heavy (non-hydrogen) atoms. The molecule has 0 saturated heterocycles. The summed E-state index contributed by atoms with van der Waals surface area (Å²) >= 11 is 0. The van der Waals surface area contributed by atoms with Gasteiger partial charge in [-0.05, 0) is 22.4 Å². The van der Waals surface area contributed by atoms with Crippen LogP contribution >= 0.6 is 0 Å². The number of fused-ring (bicyclic) bond motifs is 1. The van der Waals surface area contributed by atoms with E-state index in [0.29, 0.717) is 11.1 Å². The number of hydrogen-bond acceptors (Lipinski definition) is 3. The van der Waals surface area contributed by atoms with Gasteiger partial charge in [0.15, 0.2) is 0 Å². The molecule has 0 saturated carbocycles. The maximum absolute atomic E-state index is 11.2. The van der Waals surface area contributed by atoms with E-state index in [1.807, 2.05) is 48.4 Å². The monoisotopic (exact) mass is 240 g/mol. The van der Waals surface area contributed by atoms with Crippen LogP contribution in [0.3, 0.4) is 0 Å². The molecule has 0 aliphatic carbocycles. The Balaban J connectivity index is 2.40. The molecule has 0 aliphatic heterocycles. The van der Waals surface area contributed by atoms with Crippen molar-refractivity contribution in [2.24, 2.45) is 0 Å². The summed E-state index contributed by atoms with van der Waals surface area (Å²) in [7, 11) is 1.30. The van der Waals surface area contributed by atoms with Gasteiger partial charge in [-0.25, -0.2) is 4.79 Å². The highest BCUT2D eigenvalue weighted by atomic mass is 16.5. The van der Waals surface area contributed by atoms with Crippen molar-refractivity contribution in [3.63, 3.8) is 0 Å². The van der Waals surface area contributed by atoms with Crippen molar-refractivity contribution in [1.29, 1.82) is 0 Å². The zero-order valence-corrected chi connectivity index (χ0v) is 9.97. The van der Waals surface area contributed by atoms with Crippen molar-refractivity contribution in [3.8, 4) is 0 Å². The number of benzene rings is 2.